The summed E-state index contributed by atoms with van der Waals surface area (Å²) in [6.45, 7) is 2.87. The molecule has 0 aromatic carbocycles. The maximum atomic E-state index is 8.87. The van der Waals surface area contributed by atoms with Crippen LogP contribution in [0.25, 0.3) is 0 Å². The van der Waals surface area contributed by atoms with Gasteiger partial charge in [-0.15, -0.1) is 0 Å². The molecule has 1 fully saturated rings. The number of hydrogen-bond acceptors (Lipinski definition) is 3. The van der Waals surface area contributed by atoms with Gasteiger partial charge in [-0.05, 0) is 12.8 Å². The topological polar surface area (TPSA) is 38.7 Å². The summed E-state index contributed by atoms with van der Waals surface area (Å²) in [5.74, 6) is 0. The molecule has 96 valence electrons. The second-order valence-electron chi connectivity index (χ2n) is 4.61. The Morgan fingerprint density at radius 1 is 1.06 bits per heavy atom. The van der Waals surface area contributed by atoms with Crippen LogP contribution in [0.15, 0.2) is 0 Å². The van der Waals surface area contributed by atoms with Gasteiger partial charge in [-0.2, -0.15) is 0 Å². The van der Waals surface area contributed by atoms with E-state index in [0.29, 0.717) is 6.61 Å². The SMILES string of the molecule is CCCCCCCCC[C@H]1OC[C@@H](CO)O1. The van der Waals surface area contributed by atoms with Gasteiger partial charge in [-0.1, -0.05) is 45.4 Å². The standard InChI is InChI=1S/C13H26O3/c1-2-3-4-5-6-7-8-9-13-15-11-12(10-14)16-13/h12-14H,2-11H2,1H3/t12-,13+/m1/s1. The van der Waals surface area contributed by atoms with Gasteiger partial charge in [-0.25, -0.2) is 0 Å². The molecule has 0 spiro atoms. The molecule has 3 nitrogen and oxygen atoms in total. The van der Waals surface area contributed by atoms with Crippen LogP contribution in [0.1, 0.15) is 58.3 Å². The van der Waals surface area contributed by atoms with Crippen molar-refractivity contribution in [3.8, 4) is 0 Å². The van der Waals surface area contributed by atoms with Crippen LogP contribution in [0.3, 0.4) is 0 Å². The Hall–Kier alpha value is -0.120. The molecule has 0 aromatic heterocycles. The molecule has 1 rings (SSSR count). The van der Waals surface area contributed by atoms with Crippen molar-refractivity contribution in [2.24, 2.45) is 0 Å². The number of aliphatic hydroxyl groups is 1. The molecule has 0 amide bonds. The van der Waals surface area contributed by atoms with Gasteiger partial charge in [0.05, 0.1) is 13.2 Å². The van der Waals surface area contributed by atoms with Crippen molar-refractivity contribution in [1.29, 1.82) is 0 Å². The molecule has 1 saturated heterocycles. The lowest BCUT2D eigenvalue weighted by Gasteiger charge is -2.09. The van der Waals surface area contributed by atoms with Crippen molar-refractivity contribution >= 4 is 0 Å². The molecule has 3 heteroatoms. The van der Waals surface area contributed by atoms with E-state index in [1.807, 2.05) is 0 Å². The third-order valence-corrected chi connectivity index (χ3v) is 3.06. The quantitative estimate of drug-likeness (QED) is 0.619. The van der Waals surface area contributed by atoms with Crippen molar-refractivity contribution in [1.82, 2.24) is 0 Å². The van der Waals surface area contributed by atoms with Crippen LogP contribution in [0.2, 0.25) is 0 Å². The lowest BCUT2D eigenvalue weighted by molar-refractivity contribution is -0.0701. The second-order valence-corrected chi connectivity index (χ2v) is 4.61. The Labute approximate surface area is 99.1 Å². The number of unbranched alkanes of at least 4 members (excludes halogenated alkanes) is 6. The average Bonchev–Trinajstić information content (AvgIpc) is 2.76. The lowest BCUT2D eigenvalue weighted by Crippen LogP contribution is -2.16. The normalized spacial score (nSPS) is 25.1. The number of rotatable bonds is 9. The summed E-state index contributed by atoms with van der Waals surface area (Å²) in [6, 6.07) is 0. The predicted molar refractivity (Wildman–Crippen MR) is 64.3 cm³/mol. The third kappa shape index (κ3) is 5.83. The first-order valence-electron chi connectivity index (χ1n) is 6.74. The van der Waals surface area contributed by atoms with Crippen molar-refractivity contribution in [2.75, 3.05) is 13.2 Å². The summed E-state index contributed by atoms with van der Waals surface area (Å²) in [5, 5.41) is 8.87. The molecule has 0 aliphatic carbocycles. The van der Waals surface area contributed by atoms with Gasteiger partial charge in [0.25, 0.3) is 0 Å². The van der Waals surface area contributed by atoms with Gasteiger partial charge < -0.3 is 14.6 Å². The molecule has 0 radical (unpaired) electrons. The molecule has 1 N–H and O–H groups in total. The number of hydrogen-bond donors (Lipinski definition) is 1. The predicted octanol–water partition coefficient (Wildman–Crippen LogP) is 2.86. The average molecular weight is 230 g/mol. The second kappa shape index (κ2) is 8.97. The fraction of sp³-hybridized carbons (Fsp3) is 1.00. The van der Waals surface area contributed by atoms with Gasteiger partial charge in [0.15, 0.2) is 6.29 Å². The smallest absolute Gasteiger partial charge is 0.158 e. The van der Waals surface area contributed by atoms with Gasteiger partial charge >= 0.3 is 0 Å². The molecular weight excluding hydrogens is 204 g/mol. The van der Waals surface area contributed by atoms with Crippen LogP contribution in [0, 0.1) is 0 Å². The molecule has 2 atom stereocenters. The van der Waals surface area contributed by atoms with E-state index in [9.17, 15) is 0 Å². The summed E-state index contributed by atoms with van der Waals surface area (Å²) < 4.78 is 10.9. The van der Waals surface area contributed by atoms with Crippen molar-refractivity contribution in [2.45, 2.75) is 70.7 Å². The zero-order valence-electron chi connectivity index (χ0n) is 10.5. The number of ether oxygens (including phenoxy) is 2. The molecule has 0 aromatic rings. The van der Waals surface area contributed by atoms with Gasteiger partial charge in [0.2, 0.25) is 0 Å². The van der Waals surface area contributed by atoms with E-state index in [0.717, 1.165) is 6.42 Å². The maximum absolute atomic E-state index is 8.87. The van der Waals surface area contributed by atoms with Gasteiger partial charge in [-0.3, -0.25) is 0 Å². The minimum absolute atomic E-state index is 0.0622. The molecule has 0 saturated carbocycles. The fourth-order valence-corrected chi connectivity index (χ4v) is 2.02. The molecule has 16 heavy (non-hydrogen) atoms. The van der Waals surface area contributed by atoms with Gasteiger partial charge in [0, 0.05) is 0 Å². The zero-order valence-corrected chi connectivity index (χ0v) is 10.5. The first-order valence-corrected chi connectivity index (χ1v) is 6.74. The van der Waals surface area contributed by atoms with Crippen molar-refractivity contribution in [3.05, 3.63) is 0 Å². The number of aliphatic hydroxyl groups excluding tert-OH is 1. The summed E-state index contributed by atoms with van der Waals surface area (Å²) >= 11 is 0. The molecule has 1 aliphatic rings. The molecular formula is C13H26O3. The largest absolute Gasteiger partial charge is 0.394 e. The van der Waals surface area contributed by atoms with Crippen LogP contribution in [0.5, 0.6) is 0 Å². The maximum Gasteiger partial charge on any atom is 0.158 e. The van der Waals surface area contributed by atoms with Gasteiger partial charge in [0.1, 0.15) is 6.10 Å². The highest BCUT2D eigenvalue weighted by Crippen LogP contribution is 2.17. The Kier molecular flexibility index (Phi) is 7.81. The highest BCUT2D eigenvalue weighted by molar-refractivity contribution is 4.63. The summed E-state index contributed by atoms with van der Waals surface area (Å²) in [6.07, 6.45) is 10.0. The van der Waals surface area contributed by atoms with E-state index in [-0.39, 0.29) is 19.0 Å². The summed E-state index contributed by atoms with van der Waals surface area (Å²) in [5.41, 5.74) is 0. The fourth-order valence-electron chi connectivity index (χ4n) is 2.02. The highest BCUT2D eigenvalue weighted by Gasteiger charge is 2.24. The minimum Gasteiger partial charge on any atom is -0.394 e. The van der Waals surface area contributed by atoms with Crippen molar-refractivity contribution < 1.29 is 14.6 Å². The summed E-state index contributed by atoms with van der Waals surface area (Å²) in [4.78, 5) is 0. The summed E-state index contributed by atoms with van der Waals surface area (Å²) in [7, 11) is 0. The molecule has 1 aliphatic heterocycles. The van der Waals surface area contributed by atoms with Crippen LogP contribution in [-0.2, 0) is 9.47 Å². The van der Waals surface area contributed by atoms with Crippen LogP contribution in [-0.4, -0.2) is 30.7 Å². The van der Waals surface area contributed by atoms with Crippen molar-refractivity contribution in [3.63, 3.8) is 0 Å². The Morgan fingerprint density at radius 2 is 1.75 bits per heavy atom. The molecule has 1 heterocycles. The van der Waals surface area contributed by atoms with E-state index in [1.165, 1.54) is 44.9 Å². The van der Waals surface area contributed by atoms with E-state index >= 15 is 0 Å². The third-order valence-electron chi connectivity index (χ3n) is 3.06. The lowest BCUT2D eigenvalue weighted by atomic mass is 10.1. The Bertz CT molecular complexity index is 161. The van der Waals surface area contributed by atoms with E-state index in [2.05, 4.69) is 6.92 Å². The molecule has 0 unspecified atom stereocenters. The zero-order chi connectivity index (χ0) is 11.6. The van der Waals surface area contributed by atoms with E-state index in [4.69, 9.17) is 14.6 Å². The molecule has 0 bridgehead atoms. The minimum atomic E-state index is -0.0884. The highest BCUT2D eigenvalue weighted by atomic mass is 16.7. The van der Waals surface area contributed by atoms with Crippen LogP contribution in [0.4, 0.5) is 0 Å². The van der Waals surface area contributed by atoms with Crippen LogP contribution >= 0.6 is 0 Å². The first kappa shape index (κ1) is 13.9. The first-order chi connectivity index (χ1) is 7.86. The Balaban J connectivity index is 1.84. The monoisotopic (exact) mass is 230 g/mol. The van der Waals surface area contributed by atoms with E-state index in [1.54, 1.807) is 0 Å². The van der Waals surface area contributed by atoms with E-state index < -0.39 is 0 Å². The Morgan fingerprint density at radius 3 is 2.38 bits per heavy atom. The van der Waals surface area contributed by atoms with Crippen LogP contribution < -0.4 is 0 Å².